The maximum atomic E-state index is 12.5. The molecule has 2 N–H and O–H groups in total. The minimum absolute atomic E-state index is 0.595. The molecule has 4 aromatic carbocycles. The van der Waals surface area contributed by atoms with Gasteiger partial charge in [-0.15, -0.1) is 0 Å². The lowest BCUT2D eigenvalue weighted by Crippen LogP contribution is -2.44. The van der Waals surface area contributed by atoms with E-state index < -0.39 is 11.2 Å². The first kappa shape index (κ1) is 20.5. The second kappa shape index (κ2) is 7.33. The van der Waals surface area contributed by atoms with Gasteiger partial charge in [-0.1, -0.05) is 90.5 Å². The van der Waals surface area contributed by atoms with Crippen LogP contribution < -0.4 is 4.74 Å². The molecular formula is C29H26O3. The van der Waals surface area contributed by atoms with Gasteiger partial charge in [0.2, 0.25) is 0 Å². The summed E-state index contributed by atoms with van der Waals surface area (Å²) >= 11 is 0. The van der Waals surface area contributed by atoms with Crippen molar-refractivity contribution in [3.8, 4) is 5.75 Å². The Hall–Kier alpha value is -3.40. The van der Waals surface area contributed by atoms with E-state index in [1.54, 1.807) is 7.11 Å². The van der Waals surface area contributed by atoms with Gasteiger partial charge in [0.1, 0.15) is 17.0 Å². The predicted octanol–water partition coefficient (Wildman–Crippen LogP) is 5.19. The number of hydrogen-bond acceptors (Lipinski definition) is 3. The molecule has 0 bridgehead atoms. The molecule has 0 aliphatic heterocycles. The van der Waals surface area contributed by atoms with Crippen LogP contribution >= 0.6 is 0 Å². The average Bonchev–Trinajstić information content (AvgIpc) is 2.83. The maximum absolute atomic E-state index is 12.5. The van der Waals surface area contributed by atoms with Crippen LogP contribution in [0.25, 0.3) is 0 Å². The SMILES string of the molecule is COc1ccccc1C1(O)c2ccccc2C(O)(c2ccccc2C)c2cc(C)ccc21. The van der Waals surface area contributed by atoms with Crippen molar-refractivity contribution in [2.45, 2.75) is 25.0 Å². The van der Waals surface area contributed by atoms with E-state index in [-0.39, 0.29) is 0 Å². The Labute approximate surface area is 188 Å². The summed E-state index contributed by atoms with van der Waals surface area (Å²) in [7, 11) is 1.61. The molecule has 0 saturated heterocycles. The van der Waals surface area contributed by atoms with Gasteiger partial charge in [-0.3, -0.25) is 0 Å². The molecule has 0 spiro atoms. The number of ether oxygens (including phenoxy) is 1. The summed E-state index contributed by atoms with van der Waals surface area (Å²) in [6.45, 7) is 4.01. The average molecular weight is 423 g/mol. The molecular weight excluding hydrogens is 396 g/mol. The molecule has 1 aliphatic carbocycles. The molecule has 1 aliphatic rings. The Bertz CT molecular complexity index is 1330. The standard InChI is InChI=1S/C29H26O3/c1-19-16-17-24-26(18-19)28(30,21-11-5-4-10-20(21)2)22-12-6-7-13-23(22)29(24,31)25-14-8-9-15-27(25)32-3/h4-18,30-31H,1-3H3. The van der Waals surface area contributed by atoms with Crippen molar-refractivity contribution < 1.29 is 14.9 Å². The number of hydrogen-bond donors (Lipinski definition) is 2. The van der Waals surface area contributed by atoms with Gasteiger partial charge in [0.15, 0.2) is 0 Å². The number of fused-ring (bicyclic) bond motifs is 2. The highest BCUT2D eigenvalue weighted by Gasteiger charge is 2.52. The molecule has 2 atom stereocenters. The van der Waals surface area contributed by atoms with Gasteiger partial charge in [-0.25, -0.2) is 0 Å². The summed E-state index contributed by atoms with van der Waals surface area (Å²) in [5.41, 5.74) is 3.20. The highest BCUT2D eigenvalue weighted by atomic mass is 16.5. The Morgan fingerprint density at radius 2 is 1.06 bits per heavy atom. The molecule has 32 heavy (non-hydrogen) atoms. The first-order valence-corrected chi connectivity index (χ1v) is 10.8. The van der Waals surface area contributed by atoms with Gasteiger partial charge in [0, 0.05) is 5.56 Å². The van der Waals surface area contributed by atoms with E-state index in [0.717, 1.165) is 16.7 Å². The molecule has 0 amide bonds. The number of para-hydroxylation sites is 1. The lowest BCUT2D eigenvalue weighted by atomic mass is 9.62. The zero-order valence-corrected chi connectivity index (χ0v) is 18.5. The van der Waals surface area contributed by atoms with Gasteiger partial charge in [0.25, 0.3) is 0 Å². The number of rotatable bonds is 3. The first-order valence-electron chi connectivity index (χ1n) is 10.8. The minimum atomic E-state index is -1.48. The van der Waals surface area contributed by atoms with Crippen molar-refractivity contribution in [3.05, 3.63) is 136 Å². The fraction of sp³-hybridized carbons (Fsp3) is 0.172. The van der Waals surface area contributed by atoms with Gasteiger partial charge < -0.3 is 14.9 Å². The van der Waals surface area contributed by atoms with Crippen LogP contribution in [0.15, 0.2) is 91.0 Å². The molecule has 0 saturated carbocycles. The van der Waals surface area contributed by atoms with E-state index in [1.807, 2.05) is 105 Å². The van der Waals surface area contributed by atoms with E-state index in [1.165, 1.54) is 0 Å². The quantitative estimate of drug-likeness (QED) is 0.477. The molecule has 2 unspecified atom stereocenters. The van der Waals surface area contributed by atoms with Crippen molar-refractivity contribution in [3.63, 3.8) is 0 Å². The van der Waals surface area contributed by atoms with E-state index in [9.17, 15) is 10.2 Å². The highest BCUT2D eigenvalue weighted by Crippen LogP contribution is 2.54. The fourth-order valence-corrected chi connectivity index (χ4v) is 5.18. The third-order valence-electron chi connectivity index (χ3n) is 6.69. The minimum Gasteiger partial charge on any atom is -0.496 e. The van der Waals surface area contributed by atoms with E-state index in [0.29, 0.717) is 33.6 Å². The zero-order valence-electron chi connectivity index (χ0n) is 18.5. The molecule has 4 aromatic rings. The van der Waals surface area contributed by atoms with Crippen molar-refractivity contribution >= 4 is 0 Å². The van der Waals surface area contributed by atoms with Crippen molar-refractivity contribution in [1.29, 1.82) is 0 Å². The van der Waals surface area contributed by atoms with Gasteiger partial charge in [0.05, 0.1) is 7.11 Å². The van der Waals surface area contributed by atoms with E-state index in [4.69, 9.17) is 4.74 Å². The first-order chi connectivity index (χ1) is 15.4. The smallest absolute Gasteiger partial charge is 0.144 e. The number of aliphatic hydroxyl groups is 2. The zero-order chi connectivity index (χ0) is 22.5. The van der Waals surface area contributed by atoms with Crippen LogP contribution in [0.2, 0.25) is 0 Å². The molecule has 0 heterocycles. The largest absolute Gasteiger partial charge is 0.496 e. The van der Waals surface area contributed by atoms with Crippen LogP contribution in [0.5, 0.6) is 5.75 Å². The van der Waals surface area contributed by atoms with E-state index in [2.05, 4.69) is 0 Å². The van der Waals surface area contributed by atoms with Crippen LogP contribution in [0.3, 0.4) is 0 Å². The Morgan fingerprint density at radius 3 is 1.69 bits per heavy atom. The summed E-state index contributed by atoms with van der Waals surface area (Å²) in [6.07, 6.45) is 0. The van der Waals surface area contributed by atoms with E-state index >= 15 is 0 Å². The Balaban J connectivity index is 1.95. The normalized spacial score (nSPS) is 21.5. The lowest BCUT2D eigenvalue weighted by Gasteiger charge is -2.46. The predicted molar refractivity (Wildman–Crippen MR) is 126 cm³/mol. The maximum Gasteiger partial charge on any atom is 0.144 e. The second-order valence-corrected chi connectivity index (χ2v) is 8.53. The molecule has 0 fully saturated rings. The number of aryl methyl sites for hydroxylation is 2. The Morgan fingerprint density at radius 1 is 0.562 bits per heavy atom. The van der Waals surface area contributed by atoms with Crippen molar-refractivity contribution in [2.75, 3.05) is 7.11 Å². The number of benzene rings is 4. The molecule has 5 rings (SSSR count). The van der Waals surface area contributed by atoms with Gasteiger partial charge in [-0.2, -0.15) is 0 Å². The van der Waals surface area contributed by atoms with Crippen LogP contribution in [0, 0.1) is 13.8 Å². The summed E-state index contributed by atoms with van der Waals surface area (Å²) in [5, 5.41) is 25.0. The highest BCUT2D eigenvalue weighted by molar-refractivity contribution is 5.67. The van der Waals surface area contributed by atoms with Crippen LogP contribution in [-0.2, 0) is 11.2 Å². The monoisotopic (exact) mass is 422 g/mol. The van der Waals surface area contributed by atoms with Crippen LogP contribution in [-0.4, -0.2) is 17.3 Å². The summed E-state index contributed by atoms with van der Waals surface area (Å²) in [5.74, 6) is 0.595. The van der Waals surface area contributed by atoms with Gasteiger partial charge >= 0.3 is 0 Å². The van der Waals surface area contributed by atoms with Crippen LogP contribution in [0.1, 0.15) is 44.5 Å². The van der Waals surface area contributed by atoms with Crippen LogP contribution in [0.4, 0.5) is 0 Å². The third kappa shape index (κ3) is 2.68. The fourth-order valence-electron chi connectivity index (χ4n) is 5.18. The third-order valence-corrected chi connectivity index (χ3v) is 6.69. The van der Waals surface area contributed by atoms with Crippen molar-refractivity contribution in [1.82, 2.24) is 0 Å². The Kier molecular flexibility index (Phi) is 4.70. The summed E-state index contributed by atoms with van der Waals surface area (Å²) < 4.78 is 5.65. The van der Waals surface area contributed by atoms with Crippen molar-refractivity contribution in [2.24, 2.45) is 0 Å². The molecule has 3 nitrogen and oxygen atoms in total. The molecule has 0 aromatic heterocycles. The lowest BCUT2D eigenvalue weighted by molar-refractivity contribution is 0.0729. The second-order valence-electron chi connectivity index (χ2n) is 8.53. The van der Waals surface area contributed by atoms with Gasteiger partial charge in [-0.05, 0) is 53.3 Å². The summed E-state index contributed by atoms with van der Waals surface area (Å²) in [4.78, 5) is 0. The molecule has 0 radical (unpaired) electrons. The topological polar surface area (TPSA) is 49.7 Å². The molecule has 3 heteroatoms. The summed E-state index contributed by atoms with van der Waals surface area (Å²) in [6, 6.07) is 28.9. The number of methoxy groups -OCH3 is 1. The molecule has 160 valence electrons.